The van der Waals surface area contributed by atoms with Crippen LogP contribution in [0, 0.1) is 26.2 Å². The Kier molecular flexibility index (Phi) is 6.01. The number of amidine groups is 2. The van der Waals surface area contributed by atoms with Gasteiger partial charge < -0.3 is 14.0 Å². The van der Waals surface area contributed by atoms with Gasteiger partial charge >= 0.3 is 0 Å². The molecule has 0 bridgehead atoms. The summed E-state index contributed by atoms with van der Waals surface area (Å²) >= 11 is 1.30. The zero-order valence-corrected chi connectivity index (χ0v) is 21.4. The van der Waals surface area contributed by atoms with Gasteiger partial charge in [0.15, 0.2) is 5.84 Å². The number of carbonyl (C=O) groups excluding carboxylic acids is 1. The number of carbonyl (C=O) groups is 1. The number of thioether (sulfide) groups is 1. The Morgan fingerprint density at radius 2 is 1.81 bits per heavy atom. The smallest absolute Gasteiger partial charge is 0.283 e. The van der Waals surface area contributed by atoms with Crippen molar-refractivity contribution in [3.8, 4) is 17.2 Å². The monoisotopic (exact) mass is 499 g/mol. The standard InChI is InChI=1S/C27H25N5O3S/c1-15-8-6-7-9-20(15)26-30-32-24(28)21(25(33)29-27(32)36-26)13-18-12-16(2)31(17(18)3)22-11-10-19(34-4)14-23(22)35-5/h6-14,28H,1-5H3/b21-13-,28-24?. The van der Waals surface area contributed by atoms with Gasteiger partial charge in [-0.05, 0) is 67.9 Å². The van der Waals surface area contributed by atoms with Gasteiger partial charge in [-0.2, -0.15) is 15.1 Å². The topological polar surface area (TPSA) is 92.3 Å². The number of aliphatic imine (C=N–C) groups is 1. The molecular formula is C27H25N5O3S. The van der Waals surface area contributed by atoms with Crippen LogP contribution in [0.4, 0.5) is 0 Å². The summed E-state index contributed by atoms with van der Waals surface area (Å²) in [5.41, 5.74) is 5.74. The highest BCUT2D eigenvalue weighted by Crippen LogP contribution is 2.34. The van der Waals surface area contributed by atoms with Crippen LogP contribution in [0.5, 0.6) is 11.5 Å². The number of aryl methyl sites for hydroxylation is 2. The van der Waals surface area contributed by atoms with Gasteiger partial charge in [0.05, 0.1) is 25.5 Å². The molecule has 0 radical (unpaired) electrons. The maximum atomic E-state index is 13.0. The number of nitrogens with zero attached hydrogens (tertiary/aromatic N) is 4. The van der Waals surface area contributed by atoms with Crippen LogP contribution in [0.1, 0.15) is 28.1 Å². The van der Waals surface area contributed by atoms with Crippen LogP contribution in [0.3, 0.4) is 0 Å². The van der Waals surface area contributed by atoms with Crippen molar-refractivity contribution in [3.05, 3.63) is 82.2 Å². The van der Waals surface area contributed by atoms with E-state index in [0.29, 0.717) is 16.7 Å². The fraction of sp³-hybridized carbons (Fsp3) is 0.185. The molecule has 1 aromatic heterocycles. The summed E-state index contributed by atoms with van der Waals surface area (Å²) in [7, 11) is 3.23. The number of fused-ring (bicyclic) bond motifs is 1. The van der Waals surface area contributed by atoms with Gasteiger partial charge in [0, 0.05) is 23.0 Å². The Labute approximate surface area is 213 Å². The minimum Gasteiger partial charge on any atom is -0.497 e. The van der Waals surface area contributed by atoms with Gasteiger partial charge in [-0.1, -0.05) is 24.3 Å². The number of methoxy groups -OCH3 is 2. The van der Waals surface area contributed by atoms with Gasteiger partial charge in [-0.15, -0.1) is 0 Å². The average Bonchev–Trinajstić information content (AvgIpc) is 3.41. The summed E-state index contributed by atoms with van der Waals surface area (Å²) < 4.78 is 13.0. The maximum absolute atomic E-state index is 13.0. The number of nitrogens with one attached hydrogen (secondary N) is 1. The van der Waals surface area contributed by atoms with Crippen molar-refractivity contribution in [3.63, 3.8) is 0 Å². The fourth-order valence-corrected chi connectivity index (χ4v) is 5.32. The molecule has 1 N–H and O–H groups in total. The van der Waals surface area contributed by atoms with Gasteiger partial charge in [0.25, 0.3) is 5.91 Å². The number of benzene rings is 2. The first-order valence-corrected chi connectivity index (χ1v) is 12.1. The maximum Gasteiger partial charge on any atom is 0.283 e. The first-order valence-electron chi connectivity index (χ1n) is 11.3. The van der Waals surface area contributed by atoms with Crippen LogP contribution < -0.4 is 9.47 Å². The molecule has 0 spiro atoms. The second-order valence-electron chi connectivity index (χ2n) is 8.44. The number of aromatic nitrogens is 1. The second-order valence-corrected chi connectivity index (χ2v) is 9.40. The molecule has 3 aromatic rings. The number of rotatable bonds is 5. The third-order valence-electron chi connectivity index (χ3n) is 6.23. The van der Waals surface area contributed by atoms with Crippen molar-refractivity contribution < 1.29 is 14.3 Å². The molecule has 2 aromatic carbocycles. The Balaban J connectivity index is 1.53. The number of ether oxygens (including phenoxy) is 2. The molecule has 182 valence electrons. The van der Waals surface area contributed by atoms with E-state index in [-0.39, 0.29) is 11.4 Å². The van der Waals surface area contributed by atoms with Crippen LogP contribution in [0.25, 0.3) is 11.8 Å². The second kappa shape index (κ2) is 9.16. The fourth-order valence-electron chi connectivity index (χ4n) is 4.34. The summed E-state index contributed by atoms with van der Waals surface area (Å²) in [5.74, 6) is 0.919. The van der Waals surface area contributed by atoms with Crippen LogP contribution in [-0.2, 0) is 4.79 Å². The number of hydrogen-bond acceptors (Lipinski definition) is 6. The van der Waals surface area contributed by atoms with Gasteiger partial charge in [-0.25, -0.2) is 0 Å². The van der Waals surface area contributed by atoms with E-state index in [2.05, 4.69) is 14.7 Å². The minimum absolute atomic E-state index is 0.00733. The third kappa shape index (κ3) is 3.91. The quantitative estimate of drug-likeness (QED) is 0.494. The summed E-state index contributed by atoms with van der Waals surface area (Å²) in [6.45, 7) is 5.96. The number of amides is 1. The SMILES string of the molecule is COc1ccc(-n2c(C)cc(/C=C3/C(=N)N4N=C(c5ccccc5C)SC4=NC3=O)c2C)c(OC)c1. The largest absolute Gasteiger partial charge is 0.497 e. The Bertz CT molecular complexity index is 1520. The molecule has 0 aliphatic carbocycles. The number of hydrazone groups is 1. The van der Waals surface area contributed by atoms with E-state index in [0.717, 1.165) is 38.8 Å². The number of hydrogen-bond donors (Lipinski definition) is 1. The zero-order valence-electron chi connectivity index (χ0n) is 20.6. The zero-order chi connectivity index (χ0) is 25.6. The Hall–Kier alpha value is -4.11. The minimum atomic E-state index is -0.452. The molecule has 3 heterocycles. The van der Waals surface area contributed by atoms with Crippen molar-refractivity contribution in [1.82, 2.24) is 9.58 Å². The normalized spacial score (nSPS) is 16.2. The predicted octanol–water partition coefficient (Wildman–Crippen LogP) is 5.09. The summed E-state index contributed by atoms with van der Waals surface area (Å²) in [6.07, 6.45) is 1.71. The predicted molar refractivity (Wildman–Crippen MR) is 144 cm³/mol. The van der Waals surface area contributed by atoms with E-state index in [4.69, 9.17) is 14.9 Å². The van der Waals surface area contributed by atoms with Gasteiger partial charge in [0.2, 0.25) is 5.17 Å². The van der Waals surface area contributed by atoms with Crippen LogP contribution >= 0.6 is 11.8 Å². The van der Waals surface area contributed by atoms with Gasteiger partial charge in [-0.3, -0.25) is 10.2 Å². The van der Waals surface area contributed by atoms with E-state index in [1.165, 1.54) is 16.8 Å². The summed E-state index contributed by atoms with van der Waals surface area (Å²) in [4.78, 5) is 17.2. The van der Waals surface area contributed by atoms with Crippen molar-refractivity contribution in [1.29, 1.82) is 5.41 Å². The molecule has 1 amide bonds. The van der Waals surface area contributed by atoms with Gasteiger partial charge in [0.1, 0.15) is 16.5 Å². The van der Waals surface area contributed by atoms with Crippen molar-refractivity contribution in [2.24, 2.45) is 10.1 Å². The molecule has 0 unspecified atom stereocenters. The highest BCUT2D eigenvalue weighted by molar-refractivity contribution is 8.27. The lowest BCUT2D eigenvalue weighted by Crippen LogP contribution is -2.35. The lowest BCUT2D eigenvalue weighted by Gasteiger charge is -2.20. The van der Waals surface area contributed by atoms with Crippen LogP contribution in [0.2, 0.25) is 0 Å². The van der Waals surface area contributed by atoms with Crippen molar-refractivity contribution >= 4 is 39.8 Å². The van der Waals surface area contributed by atoms with E-state index >= 15 is 0 Å². The first kappa shape index (κ1) is 23.6. The summed E-state index contributed by atoms with van der Waals surface area (Å²) in [5, 5.41) is 15.9. The Morgan fingerprint density at radius 3 is 2.53 bits per heavy atom. The molecule has 2 aliphatic rings. The molecule has 0 atom stereocenters. The molecule has 2 aliphatic heterocycles. The van der Waals surface area contributed by atoms with Crippen molar-refractivity contribution in [2.75, 3.05) is 14.2 Å². The molecule has 0 saturated heterocycles. The molecule has 8 nitrogen and oxygen atoms in total. The molecular weight excluding hydrogens is 474 g/mol. The molecule has 9 heteroatoms. The van der Waals surface area contributed by atoms with Crippen molar-refractivity contribution in [2.45, 2.75) is 20.8 Å². The molecule has 0 fully saturated rings. The lowest BCUT2D eigenvalue weighted by molar-refractivity contribution is -0.114. The molecule has 0 saturated carbocycles. The van der Waals surface area contributed by atoms with E-state index in [1.807, 2.05) is 69.3 Å². The molecule has 5 rings (SSSR count). The lowest BCUT2D eigenvalue weighted by atomic mass is 10.1. The Morgan fingerprint density at radius 1 is 1.03 bits per heavy atom. The third-order valence-corrected chi connectivity index (χ3v) is 7.17. The van der Waals surface area contributed by atoms with Crippen LogP contribution in [0.15, 0.2) is 64.2 Å². The highest BCUT2D eigenvalue weighted by atomic mass is 32.2. The van der Waals surface area contributed by atoms with E-state index in [1.54, 1.807) is 20.3 Å². The summed E-state index contributed by atoms with van der Waals surface area (Å²) in [6, 6.07) is 15.5. The van der Waals surface area contributed by atoms with Crippen LogP contribution in [-0.4, -0.2) is 45.7 Å². The highest BCUT2D eigenvalue weighted by Gasteiger charge is 2.36. The first-order chi connectivity index (χ1) is 17.3. The molecule has 36 heavy (non-hydrogen) atoms. The average molecular weight is 500 g/mol. The van der Waals surface area contributed by atoms with E-state index < -0.39 is 5.91 Å². The van der Waals surface area contributed by atoms with E-state index in [9.17, 15) is 4.79 Å².